The lowest BCUT2D eigenvalue weighted by Crippen LogP contribution is -2.40. The van der Waals surface area contributed by atoms with Gasteiger partial charge in [-0.2, -0.15) is 18.4 Å². The van der Waals surface area contributed by atoms with Crippen molar-refractivity contribution >= 4 is 5.91 Å². The Balaban J connectivity index is 2.21. The summed E-state index contributed by atoms with van der Waals surface area (Å²) in [4.78, 5) is 12.0. The van der Waals surface area contributed by atoms with Crippen LogP contribution in [0.15, 0.2) is 18.2 Å². The van der Waals surface area contributed by atoms with Gasteiger partial charge in [-0.1, -0.05) is 6.07 Å². The lowest BCUT2D eigenvalue weighted by Gasteiger charge is -2.17. The molecule has 1 aromatic rings. The van der Waals surface area contributed by atoms with Gasteiger partial charge in [-0.3, -0.25) is 4.79 Å². The molecule has 1 aromatic carbocycles. The SMILES string of the molecule is N#CC(NC(=O)c1cccc(C(F)(F)F)c1F)C1CCOC1. The molecule has 2 atom stereocenters. The number of hydrogen-bond donors (Lipinski definition) is 1. The molecule has 1 saturated heterocycles. The molecule has 1 aliphatic heterocycles. The molecule has 1 fully saturated rings. The highest BCUT2D eigenvalue weighted by Crippen LogP contribution is 2.32. The number of ether oxygens (including phenoxy) is 1. The summed E-state index contributed by atoms with van der Waals surface area (Å²) in [6.45, 7) is 0.709. The van der Waals surface area contributed by atoms with Crippen LogP contribution >= 0.6 is 0 Å². The van der Waals surface area contributed by atoms with Gasteiger partial charge in [0.15, 0.2) is 0 Å². The summed E-state index contributed by atoms with van der Waals surface area (Å²) in [5.74, 6) is -2.96. The average Bonchev–Trinajstić information content (AvgIpc) is 2.97. The maximum absolute atomic E-state index is 13.9. The van der Waals surface area contributed by atoms with Crippen molar-refractivity contribution in [1.29, 1.82) is 5.26 Å². The Bertz CT molecular complexity index is 604. The number of carbonyl (C=O) groups excluding carboxylic acids is 1. The standard InChI is InChI=1S/C14H12F4N2O2/c15-12-9(2-1-3-10(12)14(16,17)18)13(21)20-11(6-19)8-4-5-22-7-8/h1-3,8,11H,4-5,7H2,(H,20,21). The number of hydrogen-bond acceptors (Lipinski definition) is 3. The molecule has 2 unspecified atom stereocenters. The van der Waals surface area contributed by atoms with E-state index >= 15 is 0 Å². The summed E-state index contributed by atoms with van der Waals surface area (Å²) in [5, 5.41) is 11.3. The molecule has 1 heterocycles. The van der Waals surface area contributed by atoms with Gasteiger partial charge in [0.1, 0.15) is 11.9 Å². The van der Waals surface area contributed by atoms with Crippen molar-refractivity contribution in [3.05, 3.63) is 35.1 Å². The van der Waals surface area contributed by atoms with Crippen LogP contribution in [0.3, 0.4) is 0 Å². The molecule has 118 valence electrons. The molecule has 0 radical (unpaired) electrons. The van der Waals surface area contributed by atoms with Crippen LogP contribution in [0.25, 0.3) is 0 Å². The van der Waals surface area contributed by atoms with Gasteiger partial charge in [0.25, 0.3) is 5.91 Å². The summed E-state index contributed by atoms with van der Waals surface area (Å²) < 4.78 is 56.8. The Labute approximate surface area is 123 Å². The number of nitrogens with one attached hydrogen (secondary N) is 1. The molecule has 8 heteroatoms. The van der Waals surface area contributed by atoms with Gasteiger partial charge in [0.2, 0.25) is 0 Å². The lowest BCUT2D eigenvalue weighted by molar-refractivity contribution is -0.140. The smallest absolute Gasteiger partial charge is 0.381 e. The second-order valence-electron chi connectivity index (χ2n) is 4.87. The zero-order valence-electron chi connectivity index (χ0n) is 11.3. The molecule has 0 saturated carbocycles. The van der Waals surface area contributed by atoms with E-state index in [1.807, 2.05) is 6.07 Å². The van der Waals surface area contributed by atoms with E-state index < -0.39 is 35.1 Å². The summed E-state index contributed by atoms with van der Waals surface area (Å²) in [5.41, 5.74) is -2.26. The van der Waals surface area contributed by atoms with E-state index in [1.54, 1.807) is 0 Å². The number of rotatable bonds is 3. The molecule has 1 N–H and O–H groups in total. The normalized spacial score (nSPS) is 19.5. The quantitative estimate of drug-likeness (QED) is 0.872. The fourth-order valence-electron chi connectivity index (χ4n) is 2.22. The van der Waals surface area contributed by atoms with E-state index in [1.165, 1.54) is 0 Å². The van der Waals surface area contributed by atoms with Gasteiger partial charge < -0.3 is 10.1 Å². The Kier molecular flexibility index (Phi) is 4.66. The first-order chi connectivity index (χ1) is 10.3. The van der Waals surface area contributed by atoms with Crippen LogP contribution in [0.1, 0.15) is 22.3 Å². The third-order valence-electron chi connectivity index (χ3n) is 3.41. The third kappa shape index (κ3) is 3.36. The van der Waals surface area contributed by atoms with Gasteiger partial charge in [0.05, 0.1) is 23.8 Å². The van der Waals surface area contributed by atoms with Crippen molar-refractivity contribution in [2.75, 3.05) is 13.2 Å². The fourth-order valence-corrected chi connectivity index (χ4v) is 2.22. The molecule has 0 aromatic heterocycles. The number of benzene rings is 1. The monoisotopic (exact) mass is 316 g/mol. The number of alkyl halides is 3. The number of nitrogens with zero attached hydrogens (tertiary/aromatic N) is 1. The molecule has 0 spiro atoms. The van der Waals surface area contributed by atoms with E-state index in [0.717, 1.165) is 12.1 Å². The molecule has 0 bridgehead atoms. The maximum Gasteiger partial charge on any atom is 0.419 e. The summed E-state index contributed by atoms with van der Waals surface area (Å²) in [7, 11) is 0. The maximum atomic E-state index is 13.9. The molecule has 22 heavy (non-hydrogen) atoms. The van der Waals surface area contributed by atoms with Gasteiger partial charge in [0, 0.05) is 12.5 Å². The van der Waals surface area contributed by atoms with Gasteiger partial charge in [-0.25, -0.2) is 4.39 Å². The second-order valence-corrected chi connectivity index (χ2v) is 4.87. The predicted octanol–water partition coefficient (Wildman–Crippen LogP) is 2.50. The summed E-state index contributed by atoms with van der Waals surface area (Å²) >= 11 is 0. The zero-order chi connectivity index (χ0) is 16.3. The lowest BCUT2D eigenvalue weighted by atomic mass is 9.99. The number of amides is 1. The third-order valence-corrected chi connectivity index (χ3v) is 3.41. The van der Waals surface area contributed by atoms with Crippen molar-refractivity contribution in [1.82, 2.24) is 5.32 Å². The van der Waals surface area contributed by atoms with Crippen molar-refractivity contribution < 1.29 is 27.1 Å². The van der Waals surface area contributed by atoms with Crippen molar-refractivity contribution in [2.24, 2.45) is 5.92 Å². The Morgan fingerprint density at radius 3 is 2.73 bits per heavy atom. The highest BCUT2D eigenvalue weighted by molar-refractivity contribution is 5.95. The van der Waals surface area contributed by atoms with Crippen molar-refractivity contribution in [2.45, 2.75) is 18.6 Å². The number of halogens is 4. The zero-order valence-corrected chi connectivity index (χ0v) is 11.3. The number of carbonyl (C=O) groups is 1. The van der Waals surface area contributed by atoms with Gasteiger partial charge in [-0.15, -0.1) is 0 Å². The fraction of sp³-hybridized carbons (Fsp3) is 0.429. The minimum Gasteiger partial charge on any atom is -0.381 e. The average molecular weight is 316 g/mol. The Morgan fingerprint density at radius 2 is 2.18 bits per heavy atom. The largest absolute Gasteiger partial charge is 0.419 e. The minimum atomic E-state index is -4.89. The topological polar surface area (TPSA) is 62.1 Å². The first kappa shape index (κ1) is 16.2. The Hall–Kier alpha value is -2.14. The van der Waals surface area contributed by atoms with Crippen molar-refractivity contribution in [3.8, 4) is 6.07 Å². The van der Waals surface area contributed by atoms with Crippen LogP contribution < -0.4 is 5.32 Å². The van der Waals surface area contributed by atoms with Gasteiger partial charge >= 0.3 is 6.18 Å². The van der Waals surface area contributed by atoms with Crippen LogP contribution in [0.5, 0.6) is 0 Å². The van der Waals surface area contributed by atoms with Crippen LogP contribution in [-0.4, -0.2) is 25.2 Å². The van der Waals surface area contributed by atoms with Crippen LogP contribution in [0, 0.1) is 23.1 Å². The molecular weight excluding hydrogens is 304 g/mol. The van der Waals surface area contributed by atoms with Crippen LogP contribution in [0.2, 0.25) is 0 Å². The first-order valence-electron chi connectivity index (χ1n) is 6.48. The van der Waals surface area contributed by atoms with Crippen molar-refractivity contribution in [3.63, 3.8) is 0 Å². The summed E-state index contributed by atoms with van der Waals surface area (Å²) in [6, 6.07) is 3.36. The predicted molar refractivity (Wildman–Crippen MR) is 67.2 cm³/mol. The molecular formula is C14H12F4N2O2. The molecule has 0 aliphatic carbocycles. The number of nitriles is 1. The van der Waals surface area contributed by atoms with Crippen LogP contribution in [0.4, 0.5) is 17.6 Å². The first-order valence-corrected chi connectivity index (χ1v) is 6.48. The van der Waals surface area contributed by atoms with E-state index in [4.69, 9.17) is 10.00 Å². The van der Waals surface area contributed by atoms with Gasteiger partial charge in [-0.05, 0) is 18.6 Å². The molecule has 1 aliphatic rings. The highest BCUT2D eigenvalue weighted by Gasteiger charge is 2.36. The van der Waals surface area contributed by atoms with E-state index in [-0.39, 0.29) is 12.5 Å². The Morgan fingerprint density at radius 1 is 1.45 bits per heavy atom. The second kappa shape index (κ2) is 6.32. The molecule has 1 amide bonds. The molecule has 2 rings (SSSR count). The highest BCUT2D eigenvalue weighted by atomic mass is 19.4. The van der Waals surface area contributed by atoms with E-state index in [0.29, 0.717) is 19.1 Å². The summed E-state index contributed by atoms with van der Waals surface area (Å²) in [6.07, 6.45) is -4.35. The molecule has 4 nitrogen and oxygen atoms in total. The van der Waals surface area contributed by atoms with E-state index in [2.05, 4.69) is 5.32 Å². The van der Waals surface area contributed by atoms with Crippen LogP contribution in [-0.2, 0) is 10.9 Å². The van der Waals surface area contributed by atoms with E-state index in [9.17, 15) is 22.4 Å². The minimum absolute atomic E-state index is 0.261.